The van der Waals surface area contributed by atoms with Crippen LogP contribution in [0.3, 0.4) is 0 Å². The number of nitrogens with zero attached hydrogens (tertiary/aromatic N) is 2. The van der Waals surface area contributed by atoms with Crippen LogP contribution in [0.25, 0.3) is 10.8 Å². The van der Waals surface area contributed by atoms with Gasteiger partial charge < -0.3 is 25.2 Å². The second-order valence-corrected chi connectivity index (χ2v) is 12.4. The van der Waals surface area contributed by atoms with Gasteiger partial charge in [0.15, 0.2) is 9.84 Å². The molecule has 0 amide bonds. The quantitative estimate of drug-likeness (QED) is 0.0279. The van der Waals surface area contributed by atoms with E-state index >= 15 is 0 Å². The van der Waals surface area contributed by atoms with E-state index in [0.717, 1.165) is 24.3 Å². The Hall–Kier alpha value is 0.0800. The molecule has 3 aromatic carbocycles. The molecule has 0 fully saturated rings. The van der Waals surface area contributed by atoms with Crippen molar-refractivity contribution in [3.63, 3.8) is 0 Å². The molecule has 3 N–H and O–H groups in total. The Morgan fingerprint density at radius 2 is 1.54 bits per heavy atom. The molecule has 0 unspecified atom stereocenters. The zero-order chi connectivity index (χ0) is 28.3. The molecule has 3 rings (SSSR count). The van der Waals surface area contributed by atoms with Gasteiger partial charge in [-0.3, -0.25) is 9.22 Å². The first-order chi connectivity index (χ1) is 17.6. The third-order valence-corrected chi connectivity index (χ3v) is 8.21. The maximum Gasteiger partial charge on any atom is 1.00 e. The first kappa shape index (κ1) is 41.1. The molecule has 23 heteroatoms. The minimum absolute atomic E-state index is 0. The monoisotopic (exact) mass is 677 g/mol. The summed E-state index contributed by atoms with van der Waals surface area (Å²) in [5, 5.41) is 31.3. The molecule has 0 saturated carbocycles. The number of nitrogens with two attached hydrogens (primary N) is 1. The number of anilines is 1. The van der Waals surface area contributed by atoms with Crippen LogP contribution in [0.15, 0.2) is 67.4 Å². The minimum Gasteiger partial charge on any atom is -0.744 e. The van der Waals surface area contributed by atoms with Gasteiger partial charge in [0, 0.05) is 4.90 Å². The summed E-state index contributed by atoms with van der Waals surface area (Å²) in [5.41, 5.74) is 4.85. The van der Waals surface area contributed by atoms with Gasteiger partial charge in [-0.25, -0.2) is 25.3 Å². The molecule has 0 radical (unpaired) electrons. The van der Waals surface area contributed by atoms with Gasteiger partial charge in [0.25, 0.3) is 0 Å². The van der Waals surface area contributed by atoms with E-state index in [4.69, 9.17) is 5.73 Å². The second kappa shape index (κ2) is 17.0. The van der Waals surface area contributed by atoms with Crippen LogP contribution in [0.4, 0.5) is 17.1 Å². The predicted octanol–water partition coefficient (Wildman–Crippen LogP) is -8.06. The van der Waals surface area contributed by atoms with Crippen LogP contribution < -0.4 is 99.7 Å². The number of nitrogen functional groups attached to an aromatic ring is 1. The predicted molar refractivity (Wildman–Crippen MR) is 124 cm³/mol. The van der Waals surface area contributed by atoms with Crippen LogP contribution in [0.5, 0.6) is 5.75 Å². The Balaban J connectivity index is 0.00000533. The van der Waals surface area contributed by atoms with Gasteiger partial charge in [0.1, 0.15) is 21.6 Å². The van der Waals surface area contributed by atoms with Gasteiger partial charge >= 0.3 is 88.7 Å². The first-order valence-corrected chi connectivity index (χ1v) is 14.8. The molecule has 0 aliphatic heterocycles. The van der Waals surface area contributed by atoms with E-state index in [1.54, 1.807) is 0 Å². The Morgan fingerprint density at radius 3 is 2.07 bits per heavy atom. The molecule has 3 aromatic rings. The Bertz CT molecular complexity index is 1720. The Kier molecular flexibility index (Phi) is 17.0. The van der Waals surface area contributed by atoms with Gasteiger partial charge in [0.05, 0.1) is 51.0 Å². The maximum absolute atomic E-state index is 12.3. The molecule has 0 aliphatic carbocycles. The standard InChI is InChI=1S/C18H17N3O13S4.3Na/c19-17-15(37(26,27)28)8-10-7-12(35-34-33-23)9-14(22)16(10)18(17)21-20-11-1-3-13(4-2-11)36(24,25)6-5-32-38(29,30)31;;;/h1-4,7-9,22-23H,5-6,19H2,(H,26,27,28)(H,29,30,31);;;/q;3*+1/p-3. The minimum atomic E-state index is -5.12. The van der Waals surface area contributed by atoms with Crippen molar-refractivity contribution in [3.05, 3.63) is 42.5 Å². The van der Waals surface area contributed by atoms with E-state index in [1.807, 2.05) is 0 Å². The summed E-state index contributed by atoms with van der Waals surface area (Å²) in [6.07, 6.45) is 0. The molecule has 0 spiro atoms. The Morgan fingerprint density at radius 1 is 0.927 bits per heavy atom. The maximum atomic E-state index is 12.3. The van der Waals surface area contributed by atoms with Crippen molar-refractivity contribution in [1.82, 2.24) is 0 Å². The molecule has 41 heavy (non-hydrogen) atoms. The van der Waals surface area contributed by atoms with Crippen LogP contribution in [-0.2, 0) is 43.9 Å². The summed E-state index contributed by atoms with van der Waals surface area (Å²) in [6, 6.07) is 7.79. The van der Waals surface area contributed by atoms with Crippen LogP contribution in [0.2, 0.25) is 0 Å². The van der Waals surface area contributed by atoms with Crippen LogP contribution >= 0.6 is 12.0 Å². The number of hydrogen-bond donors (Lipinski definition) is 2. The SMILES string of the molecule is Nc1c(S(=O)(=O)[O-])cc2cc(SOO[O-])cc(O)c2c1N=Nc1ccc(S(=O)(=O)CCOS(=O)(=O)[O-])cc1.[Na+].[Na+].[Na+]. The largest absolute Gasteiger partial charge is 1.00 e. The number of phenols is 1. The summed E-state index contributed by atoms with van der Waals surface area (Å²) in [4.78, 5) is -1.05. The van der Waals surface area contributed by atoms with Gasteiger partial charge in [0.2, 0.25) is 10.4 Å². The van der Waals surface area contributed by atoms with Gasteiger partial charge in [-0.2, -0.15) is 9.45 Å². The molecule has 0 bridgehead atoms. The zero-order valence-corrected chi connectivity index (χ0v) is 30.7. The first-order valence-electron chi connectivity index (χ1n) is 9.65. The number of rotatable bonds is 11. The topological polar surface area (TPSA) is 270 Å². The number of azo groups is 1. The molecule has 0 heterocycles. The summed E-state index contributed by atoms with van der Waals surface area (Å²) in [5.74, 6) is -1.31. The molecule has 0 aliphatic rings. The van der Waals surface area contributed by atoms with Crippen LogP contribution in [0.1, 0.15) is 0 Å². The van der Waals surface area contributed by atoms with E-state index in [1.165, 1.54) is 18.2 Å². The molecule has 0 aromatic heterocycles. The summed E-state index contributed by atoms with van der Waals surface area (Å²) >= 11 is 0.382. The molecular formula is C18H14N3Na3O13S4. The number of fused-ring (bicyclic) bond motifs is 1. The fraction of sp³-hybridized carbons (Fsp3) is 0.111. The number of hydrogen-bond acceptors (Lipinski definition) is 17. The average Bonchev–Trinajstić information content (AvgIpc) is 2.80. The van der Waals surface area contributed by atoms with Crippen molar-refractivity contribution in [2.75, 3.05) is 18.1 Å². The molecule has 206 valence electrons. The molecular weight excluding hydrogens is 663 g/mol. The van der Waals surface area contributed by atoms with Gasteiger partial charge in [-0.05, 0) is 47.9 Å². The van der Waals surface area contributed by atoms with Crippen molar-refractivity contribution >= 4 is 70.2 Å². The van der Waals surface area contributed by atoms with E-state index in [2.05, 4.69) is 23.8 Å². The number of sulfone groups is 1. The zero-order valence-electron chi connectivity index (χ0n) is 21.4. The van der Waals surface area contributed by atoms with E-state index in [9.17, 15) is 44.7 Å². The fourth-order valence-electron chi connectivity index (χ4n) is 3.07. The normalized spacial score (nSPS) is 12.0. The third-order valence-electron chi connectivity index (χ3n) is 4.63. The second-order valence-electron chi connectivity index (χ2n) is 7.09. The van der Waals surface area contributed by atoms with Crippen LogP contribution in [0, 0.1) is 0 Å². The smallest absolute Gasteiger partial charge is 0.744 e. The van der Waals surface area contributed by atoms with Crippen molar-refractivity contribution in [3.8, 4) is 5.75 Å². The number of aromatic hydroxyl groups is 1. The summed E-state index contributed by atoms with van der Waals surface area (Å²) in [6.45, 7) is -0.888. The molecule has 0 saturated heterocycles. The Labute approximate surface area is 304 Å². The third kappa shape index (κ3) is 11.5. The molecule has 0 atom stereocenters. The van der Waals surface area contributed by atoms with Crippen molar-refractivity contribution in [2.24, 2.45) is 10.2 Å². The van der Waals surface area contributed by atoms with Crippen molar-refractivity contribution < 1.29 is 147 Å². The van der Waals surface area contributed by atoms with E-state index < -0.39 is 64.7 Å². The summed E-state index contributed by atoms with van der Waals surface area (Å²) < 4.78 is 99.2. The average molecular weight is 678 g/mol. The van der Waals surface area contributed by atoms with E-state index in [-0.39, 0.29) is 115 Å². The van der Waals surface area contributed by atoms with Gasteiger partial charge in [-0.1, -0.05) is 0 Å². The molecule has 16 nitrogen and oxygen atoms in total. The fourth-order valence-corrected chi connectivity index (χ4v) is 5.63. The van der Waals surface area contributed by atoms with Gasteiger partial charge in [-0.15, -0.1) is 5.11 Å². The van der Waals surface area contributed by atoms with Crippen LogP contribution in [-0.4, -0.2) is 51.8 Å². The van der Waals surface area contributed by atoms with E-state index in [0.29, 0.717) is 12.0 Å². The number of benzene rings is 3. The van der Waals surface area contributed by atoms with Crippen molar-refractivity contribution in [1.29, 1.82) is 0 Å². The summed E-state index contributed by atoms with van der Waals surface area (Å²) in [7, 11) is -14.2. The van der Waals surface area contributed by atoms with Crippen molar-refractivity contribution in [2.45, 2.75) is 14.7 Å². The number of phenolic OH excluding ortho intramolecular Hbond substituents is 1.